The molecular weight excluding hydrogens is 533 g/mol. The van der Waals surface area contributed by atoms with Crippen molar-refractivity contribution in [1.29, 1.82) is 0 Å². The Morgan fingerprint density at radius 3 is 2.32 bits per heavy atom. The van der Waals surface area contributed by atoms with Crippen LogP contribution in [-0.4, -0.2) is 33.4 Å². The predicted molar refractivity (Wildman–Crippen MR) is 133 cm³/mol. The molecule has 0 heterocycles. The number of benzene rings is 3. The molecule has 196 valence electrons. The van der Waals surface area contributed by atoms with Crippen LogP contribution in [0.25, 0.3) is 0 Å². The van der Waals surface area contributed by atoms with Crippen molar-refractivity contribution >= 4 is 44.9 Å². The van der Waals surface area contributed by atoms with Gasteiger partial charge in [-0.2, -0.15) is 13.2 Å². The lowest BCUT2D eigenvalue weighted by Gasteiger charge is -2.25. The normalized spacial score (nSPS) is 11.6. The molecule has 12 heteroatoms. The number of hydrogen-bond acceptors (Lipinski definition) is 5. The standard InChI is InChI=1S/C25H22ClF3N2O5S/c1-3-36-24(33)17-10-9-16(2)22(13-17)30-23(32)15-31(37(34,35)19-7-5-4-6-8-19)18-11-12-21(26)20(14-18)25(27,28)29/h4-14H,3,15H2,1-2H3,(H,30,32). The Morgan fingerprint density at radius 2 is 1.70 bits per heavy atom. The van der Waals surface area contributed by atoms with Crippen LogP contribution in [0.3, 0.4) is 0 Å². The van der Waals surface area contributed by atoms with Gasteiger partial charge in [-0.25, -0.2) is 13.2 Å². The number of ether oxygens (including phenoxy) is 1. The van der Waals surface area contributed by atoms with Gasteiger partial charge in [0.1, 0.15) is 6.54 Å². The van der Waals surface area contributed by atoms with E-state index in [2.05, 4.69) is 5.32 Å². The highest BCUT2D eigenvalue weighted by Crippen LogP contribution is 2.38. The second-order valence-corrected chi connectivity index (χ2v) is 10.1. The van der Waals surface area contributed by atoms with Gasteiger partial charge in [-0.15, -0.1) is 0 Å². The summed E-state index contributed by atoms with van der Waals surface area (Å²) in [6.07, 6.45) is -4.86. The molecule has 0 saturated carbocycles. The van der Waals surface area contributed by atoms with Crippen molar-refractivity contribution in [3.05, 3.63) is 88.4 Å². The van der Waals surface area contributed by atoms with E-state index in [0.717, 1.165) is 12.1 Å². The van der Waals surface area contributed by atoms with E-state index in [1.54, 1.807) is 26.0 Å². The fraction of sp³-hybridized carbons (Fsp3) is 0.200. The SMILES string of the molecule is CCOC(=O)c1ccc(C)c(NC(=O)CN(c2ccc(Cl)c(C(F)(F)F)c2)S(=O)(=O)c2ccccc2)c1. The first kappa shape index (κ1) is 28.0. The molecule has 3 rings (SSSR count). The van der Waals surface area contributed by atoms with E-state index in [1.807, 2.05) is 0 Å². The Bertz CT molecular complexity index is 1410. The van der Waals surface area contributed by atoms with Gasteiger partial charge in [0.2, 0.25) is 5.91 Å². The third-order valence-electron chi connectivity index (χ3n) is 5.18. The largest absolute Gasteiger partial charge is 0.462 e. The summed E-state index contributed by atoms with van der Waals surface area (Å²) in [6, 6.07) is 14.0. The highest BCUT2D eigenvalue weighted by atomic mass is 35.5. The van der Waals surface area contributed by atoms with E-state index in [0.29, 0.717) is 15.9 Å². The number of nitrogens with one attached hydrogen (secondary N) is 1. The highest BCUT2D eigenvalue weighted by molar-refractivity contribution is 7.92. The van der Waals surface area contributed by atoms with Crippen LogP contribution in [0, 0.1) is 6.92 Å². The van der Waals surface area contributed by atoms with Gasteiger partial charge in [0, 0.05) is 5.69 Å². The summed E-state index contributed by atoms with van der Waals surface area (Å²) in [6.45, 7) is 2.57. The summed E-state index contributed by atoms with van der Waals surface area (Å²) < 4.78 is 72.8. The molecule has 0 bridgehead atoms. The van der Waals surface area contributed by atoms with E-state index >= 15 is 0 Å². The minimum Gasteiger partial charge on any atom is -0.462 e. The highest BCUT2D eigenvalue weighted by Gasteiger charge is 2.35. The Balaban J connectivity index is 2.01. The fourth-order valence-corrected chi connectivity index (χ4v) is 5.00. The average Bonchev–Trinajstić information content (AvgIpc) is 2.84. The number of esters is 1. The number of hydrogen-bond donors (Lipinski definition) is 1. The molecule has 0 saturated heterocycles. The summed E-state index contributed by atoms with van der Waals surface area (Å²) in [5.74, 6) is -1.47. The van der Waals surface area contributed by atoms with Crippen molar-refractivity contribution in [3.8, 4) is 0 Å². The first-order valence-corrected chi connectivity index (χ1v) is 12.7. The number of aryl methyl sites for hydroxylation is 1. The van der Waals surface area contributed by atoms with Crippen molar-refractivity contribution in [1.82, 2.24) is 0 Å². The van der Waals surface area contributed by atoms with Crippen LogP contribution in [0.1, 0.15) is 28.4 Å². The van der Waals surface area contributed by atoms with E-state index in [4.69, 9.17) is 16.3 Å². The molecule has 0 radical (unpaired) electrons. The Hall–Kier alpha value is -3.57. The maximum atomic E-state index is 13.5. The number of nitrogens with zero attached hydrogens (tertiary/aromatic N) is 1. The molecule has 0 spiro atoms. The second-order valence-electron chi connectivity index (χ2n) is 7.78. The Kier molecular flexibility index (Phi) is 8.49. The van der Waals surface area contributed by atoms with E-state index in [9.17, 15) is 31.2 Å². The summed E-state index contributed by atoms with van der Waals surface area (Å²) in [7, 11) is -4.47. The third-order valence-corrected chi connectivity index (χ3v) is 7.30. The number of carbonyl (C=O) groups excluding carboxylic acids is 2. The zero-order chi connectivity index (χ0) is 27.4. The van der Waals surface area contributed by atoms with Crippen LogP contribution in [0.5, 0.6) is 0 Å². The summed E-state index contributed by atoms with van der Waals surface area (Å²) in [5, 5.41) is 1.91. The van der Waals surface area contributed by atoms with Crippen molar-refractivity contribution in [2.75, 3.05) is 22.8 Å². The molecule has 1 amide bonds. The molecule has 3 aromatic carbocycles. The van der Waals surface area contributed by atoms with Crippen molar-refractivity contribution in [2.45, 2.75) is 24.9 Å². The van der Waals surface area contributed by atoms with Gasteiger partial charge in [-0.3, -0.25) is 9.10 Å². The molecule has 0 unspecified atom stereocenters. The Morgan fingerprint density at radius 1 is 1.03 bits per heavy atom. The molecule has 3 aromatic rings. The number of rotatable bonds is 8. The van der Waals surface area contributed by atoms with Gasteiger partial charge in [0.05, 0.1) is 33.3 Å². The lowest BCUT2D eigenvalue weighted by atomic mass is 10.1. The third kappa shape index (κ3) is 6.60. The first-order valence-electron chi connectivity index (χ1n) is 10.9. The van der Waals surface area contributed by atoms with Crippen LogP contribution in [0.15, 0.2) is 71.6 Å². The molecule has 0 fully saturated rings. The summed E-state index contributed by atoms with van der Waals surface area (Å²) >= 11 is 5.71. The van der Waals surface area contributed by atoms with E-state index in [-0.39, 0.29) is 22.8 Å². The minimum atomic E-state index is -4.86. The quantitative estimate of drug-likeness (QED) is 0.362. The monoisotopic (exact) mass is 554 g/mol. The number of carbonyl (C=O) groups is 2. The average molecular weight is 555 g/mol. The van der Waals surface area contributed by atoms with Crippen LogP contribution in [0.4, 0.5) is 24.5 Å². The number of amides is 1. The van der Waals surface area contributed by atoms with Crippen LogP contribution >= 0.6 is 11.6 Å². The molecule has 0 atom stereocenters. The maximum absolute atomic E-state index is 13.5. The molecule has 1 N–H and O–H groups in total. The van der Waals surface area contributed by atoms with Crippen molar-refractivity contribution in [2.24, 2.45) is 0 Å². The molecule has 0 aliphatic heterocycles. The van der Waals surface area contributed by atoms with Crippen LogP contribution in [0.2, 0.25) is 5.02 Å². The molecular formula is C25H22ClF3N2O5S. The predicted octanol–water partition coefficient (Wildman–Crippen LogP) is 5.68. The topological polar surface area (TPSA) is 92.8 Å². The number of sulfonamides is 1. The molecule has 7 nitrogen and oxygen atoms in total. The van der Waals surface area contributed by atoms with Crippen LogP contribution in [-0.2, 0) is 25.7 Å². The summed E-state index contributed by atoms with van der Waals surface area (Å²) in [4.78, 5) is 24.8. The van der Waals surface area contributed by atoms with Crippen molar-refractivity contribution < 1.29 is 35.9 Å². The fourth-order valence-electron chi connectivity index (χ4n) is 3.34. The number of halogens is 4. The minimum absolute atomic E-state index is 0.141. The molecule has 37 heavy (non-hydrogen) atoms. The molecule has 0 aliphatic carbocycles. The second kappa shape index (κ2) is 11.2. The van der Waals surface area contributed by atoms with Crippen LogP contribution < -0.4 is 9.62 Å². The zero-order valence-corrected chi connectivity index (χ0v) is 21.2. The van der Waals surface area contributed by atoms with E-state index < -0.39 is 50.9 Å². The summed E-state index contributed by atoms with van der Waals surface area (Å²) in [5.41, 5.74) is -0.737. The van der Waals surface area contributed by atoms with Gasteiger partial charge in [-0.05, 0) is 61.9 Å². The maximum Gasteiger partial charge on any atom is 0.417 e. The Labute approximate surface area is 216 Å². The zero-order valence-electron chi connectivity index (χ0n) is 19.7. The number of alkyl halides is 3. The van der Waals surface area contributed by atoms with Gasteiger partial charge < -0.3 is 10.1 Å². The van der Waals surface area contributed by atoms with E-state index in [1.165, 1.54) is 36.4 Å². The van der Waals surface area contributed by atoms with Crippen molar-refractivity contribution in [3.63, 3.8) is 0 Å². The molecule has 0 aromatic heterocycles. The van der Waals surface area contributed by atoms with Gasteiger partial charge in [-0.1, -0.05) is 35.9 Å². The first-order chi connectivity index (χ1) is 17.3. The molecule has 0 aliphatic rings. The number of anilines is 2. The van der Waals surface area contributed by atoms with Gasteiger partial charge in [0.25, 0.3) is 10.0 Å². The van der Waals surface area contributed by atoms with Gasteiger partial charge in [0.15, 0.2) is 0 Å². The lowest BCUT2D eigenvalue weighted by molar-refractivity contribution is -0.137. The van der Waals surface area contributed by atoms with Gasteiger partial charge >= 0.3 is 12.1 Å². The lowest BCUT2D eigenvalue weighted by Crippen LogP contribution is -2.38. The smallest absolute Gasteiger partial charge is 0.417 e.